The number of amides is 1. The van der Waals surface area contributed by atoms with E-state index < -0.39 is 17.7 Å². The zero-order valence-corrected chi connectivity index (χ0v) is 16.6. The summed E-state index contributed by atoms with van der Waals surface area (Å²) in [7, 11) is 4.11. The maximum atomic E-state index is 12.9. The summed E-state index contributed by atoms with van der Waals surface area (Å²) >= 11 is 0. The van der Waals surface area contributed by atoms with Crippen molar-refractivity contribution in [3.8, 4) is 0 Å². The van der Waals surface area contributed by atoms with Crippen LogP contribution in [-0.4, -0.2) is 48.9 Å². The van der Waals surface area contributed by atoms with E-state index in [4.69, 9.17) is 0 Å². The maximum absolute atomic E-state index is 12.9. The standard InChI is InChI=1S/C23H26N2O3/c1-16-10-12-18(13-11-16)21(26)19-20(17-8-5-4-6-9-17)25(23(28)22(19)27)15-7-14-24(2)3/h4-6,8-13,20,26H,7,14-15H2,1-3H3/p+1/t20-/m0/s1. The first-order chi connectivity index (χ1) is 13.4. The van der Waals surface area contributed by atoms with Crippen LogP contribution in [-0.2, 0) is 9.59 Å². The second-order valence-electron chi connectivity index (χ2n) is 7.58. The van der Waals surface area contributed by atoms with Gasteiger partial charge in [-0.1, -0.05) is 60.2 Å². The van der Waals surface area contributed by atoms with Gasteiger partial charge in [0.05, 0.1) is 32.3 Å². The molecule has 2 N–H and O–H groups in total. The molecule has 0 radical (unpaired) electrons. The molecule has 0 spiro atoms. The Morgan fingerprint density at radius 2 is 1.68 bits per heavy atom. The van der Waals surface area contributed by atoms with E-state index in [9.17, 15) is 14.7 Å². The molecule has 1 fully saturated rings. The highest BCUT2D eigenvalue weighted by Crippen LogP contribution is 2.39. The Hall–Kier alpha value is -2.92. The molecule has 0 bridgehead atoms. The number of aliphatic hydroxyl groups is 1. The third-order valence-electron chi connectivity index (χ3n) is 5.06. The molecule has 1 aliphatic rings. The minimum absolute atomic E-state index is 0.118. The largest absolute Gasteiger partial charge is 0.507 e. The summed E-state index contributed by atoms with van der Waals surface area (Å²) in [5.41, 5.74) is 2.59. The Kier molecular flexibility index (Phi) is 5.95. The third-order valence-corrected chi connectivity index (χ3v) is 5.06. The fourth-order valence-corrected chi connectivity index (χ4v) is 3.56. The number of nitrogens with zero attached hydrogens (tertiary/aromatic N) is 1. The lowest BCUT2D eigenvalue weighted by Gasteiger charge is -2.25. The highest BCUT2D eigenvalue weighted by atomic mass is 16.3. The lowest BCUT2D eigenvalue weighted by molar-refractivity contribution is -0.858. The lowest BCUT2D eigenvalue weighted by atomic mass is 9.95. The minimum Gasteiger partial charge on any atom is -0.507 e. The zero-order chi connectivity index (χ0) is 20.3. The van der Waals surface area contributed by atoms with Crippen molar-refractivity contribution in [2.75, 3.05) is 27.2 Å². The van der Waals surface area contributed by atoms with Crippen molar-refractivity contribution in [3.05, 3.63) is 76.9 Å². The van der Waals surface area contributed by atoms with Crippen LogP contribution in [0.3, 0.4) is 0 Å². The van der Waals surface area contributed by atoms with Crippen LogP contribution >= 0.6 is 0 Å². The van der Waals surface area contributed by atoms with E-state index in [2.05, 4.69) is 14.1 Å². The normalized spacial score (nSPS) is 18.9. The quantitative estimate of drug-likeness (QED) is 0.458. The number of hydrogen-bond acceptors (Lipinski definition) is 3. The number of nitrogens with one attached hydrogen (secondary N) is 1. The van der Waals surface area contributed by atoms with Crippen LogP contribution in [0.4, 0.5) is 0 Å². The molecule has 3 rings (SSSR count). The van der Waals surface area contributed by atoms with Gasteiger partial charge in [0.2, 0.25) is 0 Å². The number of Topliss-reactive ketones (excluding diaryl/α,β-unsaturated/α-hetero) is 1. The number of quaternary nitrogens is 1. The van der Waals surface area contributed by atoms with Crippen molar-refractivity contribution in [3.63, 3.8) is 0 Å². The van der Waals surface area contributed by atoms with Gasteiger partial charge in [-0.3, -0.25) is 9.59 Å². The van der Waals surface area contributed by atoms with Gasteiger partial charge in [-0.2, -0.15) is 0 Å². The molecule has 1 heterocycles. The molecular formula is C23H27N2O3+. The summed E-state index contributed by atoms with van der Waals surface area (Å²) in [6, 6.07) is 16.2. The van der Waals surface area contributed by atoms with Gasteiger partial charge in [-0.05, 0) is 12.5 Å². The molecule has 146 valence electrons. The van der Waals surface area contributed by atoms with Crippen molar-refractivity contribution < 1.29 is 19.6 Å². The number of carbonyl (C=O) groups excluding carboxylic acids is 2. The van der Waals surface area contributed by atoms with Crippen molar-refractivity contribution in [2.24, 2.45) is 0 Å². The molecule has 2 aromatic rings. The van der Waals surface area contributed by atoms with Gasteiger partial charge in [-0.25, -0.2) is 0 Å². The predicted octanol–water partition coefficient (Wildman–Crippen LogP) is 1.95. The average molecular weight is 379 g/mol. The van der Waals surface area contributed by atoms with E-state index in [1.807, 2.05) is 49.4 Å². The Balaban J connectivity index is 2.06. The maximum Gasteiger partial charge on any atom is 0.295 e. The fourth-order valence-electron chi connectivity index (χ4n) is 3.56. The molecule has 28 heavy (non-hydrogen) atoms. The summed E-state index contributed by atoms with van der Waals surface area (Å²) in [6.45, 7) is 3.32. The van der Waals surface area contributed by atoms with Gasteiger partial charge in [0, 0.05) is 18.5 Å². The first-order valence-electron chi connectivity index (χ1n) is 9.59. The SMILES string of the molecule is Cc1ccc(C(O)=C2C(=O)C(=O)N(CCC[NH+](C)C)[C@H]2c2ccccc2)cc1. The number of carbonyl (C=O) groups is 2. The van der Waals surface area contributed by atoms with Crippen LogP contribution < -0.4 is 4.90 Å². The summed E-state index contributed by atoms with van der Waals surface area (Å²) in [5.74, 6) is -1.28. The third kappa shape index (κ3) is 3.99. The number of hydrogen-bond donors (Lipinski definition) is 2. The van der Waals surface area contributed by atoms with Crippen molar-refractivity contribution in [1.82, 2.24) is 4.90 Å². The molecule has 0 aromatic heterocycles. The van der Waals surface area contributed by atoms with Gasteiger partial charge >= 0.3 is 0 Å². The molecule has 1 saturated heterocycles. The Bertz CT molecular complexity index is 886. The van der Waals surface area contributed by atoms with Gasteiger partial charge in [0.1, 0.15) is 5.76 Å². The Labute approximate surface area is 165 Å². The molecule has 1 atom stereocenters. The highest BCUT2D eigenvalue weighted by Gasteiger charge is 2.45. The van der Waals surface area contributed by atoms with Crippen LogP contribution in [0.25, 0.3) is 5.76 Å². The monoisotopic (exact) mass is 379 g/mol. The summed E-state index contributed by atoms with van der Waals surface area (Å²) in [6.07, 6.45) is 0.781. The van der Waals surface area contributed by atoms with Gasteiger partial charge in [-0.15, -0.1) is 0 Å². The average Bonchev–Trinajstić information content (AvgIpc) is 2.93. The van der Waals surface area contributed by atoms with E-state index in [0.717, 1.165) is 24.1 Å². The smallest absolute Gasteiger partial charge is 0.295 e. The van der Waals surface area contributed by atoms with Crippen LogP contribution in [0.2, 0.25) is 0 Å². The zero-order valence-electron chi connectivity index (χ0n) is 16.6. The molecular weight excluding hydrogens is 352 g/mol. The van der Waals surface area contributed by atoms with E-state index in [1.165, 1.54) is 4.90 Å². The van der Waals surface area contributed by atoms with Crippen LogP contribution in [0.15, 0.2) is 60.2 Å². The second-order valence-corrected chi connectivity index (χ2v) is 7.58. The van der Waals surface area contributed by atoms with E-state index in [-0.39, 0.29) is 11.3 Å². The van der Waals surface area contributed by atoms with Crippen molar-refractivity contribution in [2.45, 2.75) is 19.4 Å². The number of aliphatic hydroxyl groups excluding tert-OH is 1. The van der Waals surface area contributed by atoms with Crippen LogP contribution in [0, 0.1) is 6.92 Å². The van der Waals surface area contributed by atoms with E-state index in [0.29, 0.717) is 12.1 Å². The summed E-state index contributed by atoms with van der Waals surface area (Å²) in [5, 5.41) is 10.9. The molecule has 5 heteroatoms. The molecule has 0 saturated carbocycles. The number of likely N-dealkylation sites (tertiary alicyclic amines) is 1. The fraction of sp³-hybridized carbons (Fsp3) is 0.304. The minimum atomic E-state index is -0.621. The first kappa shape index (κ1) is 19.8. The molecule has 5 nitrogen and oxygen atoms in total. The van der Waals surface area contributed by atoms with Crippen molar-refractivity contribution in [1.29, 1.82) is 0 Å². The summed E-state index contributed by atoms with van der Waals surface area (Å²) < 4.78 is 0. The molecule has 2 aromatic carbocycles. The second kappa shape index (κ2) is 8.40. The molecule has 0 aliphatic carbocycles. The van der Waals surface area contributed by atoms with Gasteiger partial charge in [0.25, 0.3) is 11.7 Å². The summed E-state index contributed by atoms with van der Waals surface area (Å²) in [4.78, 5) is 28.5. The highest BCUT2D eigenvalue weighted by molar-refractivity contribution is 6.46. The first-order valence-corrected chi connectivity index (χ1v) is 9.59. The predicted molar refractivity (Wildman–Crippen MR) is 109 cm³/mol. The van der Waals surface area contributed by atoms with Crippen molar-refractivity contribution >= 4 is 17.4 Å². The Morgan fingerprint density at radius 3 is 2.29 bits per heavy atom. The van der Waals surface area contributed by atoms with Crippen LogP contribution in [0.5, 0.6) is 0 Å². The van der Waals surface area contributed by atoms with Gasteiger partial charge in [0.15, 0.2) is 0 Å². The van der Waals surface area contributed by atoms with Gasteiger partial charge < -0.3 is 14.9 Å². The number of aryl methyl sites for hydroxylation is 1. The molecule has 1 aliphatic heterocycles. The van der Waals surface area contributed by atoms with E-state index in [1.54, 1.807) is 17.0 Å². The van der Waals surface area contributed by atoms with Crippen LogP contribution in [0.1, 0.15) is 29.2 Å². The Morgan fingerprint density at radius 1 is 1.04 bits per heavy atom. The molecule has 0 unspecified atom stereocenters. The number of ketones is 1. The lowest BCUT2D eigenvalue weighted by Crippen LogP contribution is -3.05. The number of rotatable bonds is 6. The van der Waals surface area contributed by atoms with E-state index >= 15 is 0 Å². The topological polar surface area (TPSA) is 62.0 Å². The number of benzene rings is 2. The molecule has 1 amide bonds.